The van der Waals surface area contributed by atoms with E-state index in [1.54, 1.807) is 7.11 Å². The van der Waals surface area contributed by atoms with E-state index >= 15 is 0 Å². The first-order valence-electron chi connectivity index (χ1n) is 6.36. The number of methoxy groups -OCH3 is 1. The topological polar surface area (TPSA) is 30.5 Å². The molecule has 2 rings (SSSR count). The first-order chi connectivity index (χ1) is 8.79. The summed E-state index contributed by atoms with van der Waals surface area (Å²) in [6, 6.07) is 6.89. The molecule has 3 nitrogen and oxygen atoms in total. The largest absolute Gasteiger partial charge is 0.489 e. The SMILES string of the molecule is COCCOc1cc(C)ccc1NC1CCSC1. The maximum atomic E-state index is 5.77. The number of anilines is 1. The van der Waals surface area contributed by atoms with E-state index in [9.17, 15) is 0 Å². The van der Waals surface area contributed by atoms with Crippen molar-refractivity contribution in [2.75, 3.05) is 37.1 Å². The molecule has 0 aromatic heterocycles. The minimum Gasteiger partial charge on any atom is -0.489 e. The van der Waals surface area contributed by atoms with Gasteiger partial charge >= 0.3 is 0 Å². The fourth-order valence-electron chi connectivity index (χ4n) is 1.97. The number of thioether (sulfide) groups is 1. The Bertz CT molecular complexity index is 378. The molecule has 0 aliphatic carbocycles. The second-order valence-electron chi connectivity index (χ2n) is 4.55. The third kappa shape index (κ3) is 3.82. The molecular formula is C14H21NO2S. The van der Waals surface area contributed by atoms with Crippen LogP contribution in [0.25, 0.3) is 0 Å². The summed E-state index contributed by atoms with van der Waals surface area (Å²) in [7, 11) is 1.69. The van der Waals surface area contributed by atoms with Crippen molar-refractivity contribution in [3.05, 3.63) is 23.8 Å². The van der Waals surface area contributed by atoms with Crippen molar-refractivity contribution >= 4 is 17.4 Å². The standard InChI is InChI=1S/C14H21NO2S/c1-11-3-4-13(15-12-5-8-18-10-12)14(9-11)17-7-6-16-2/h3-4,9,12,15H,5-8,10H2,1-2H3. The third-order valence-corrected chi connectivity index (χ3v) is 4.13. The van der Waals surface area contributed by atoms with Crippen molar-refractivity contribution < 1.29 is 9.47 Å². The van der Waals surface area contributed by atoms with Gasteiger partial charge in [-0.1, -0.05) is 6.07 Å². The summed E-state index contributed by atoms with van der Waals surface area (Å²) >= 11 is 2.01. The molecule has 0 spiro atoms. The molecule has 0 saturated carbocycles. The van der Waals surface area contributed by atoms with Gasteiger partial charge in [-0.2, -0.15) is 11.8 Å². The predicted molar refractivity (Wildman–Crippen MR) is 77.9 cm³/mol. The number of nitrogens with one attached hydrogen (secondary N) is 1. The van der Waals surface area contributed by atoms with E-state index in [1.807, 2.05) is 11.8 Å². The van der Waals surface area contributed by atoms with E-state index < -0.39 is 0 Å². The number of ether oxygens (including phenoxy) is 2. The number of hydrogen-bond acceptors (Lipinski definition) is 4. The summed E-state index contributed by atoms with van der Waals surface area (Å²) in [4.78, 5) is 0. The lowest BCUT2D eigenvalue weighted by Gasteiger charge is -2.17. The van der Waals surface area contributed by atoms with Crippen molar-refractivity contribution in [1.82, 2.24) is 0 Å². The van der Waals surface area contributed by atoms with Crippen molar-refractivity contribution in [3.8, 4) is 5.75 Å². The third-order valence-electron chi connectivity index (χ3n) is 2.97. The number of rotatable bonds is 6. The maximum absolute atomic E-state index is 5.77. The van der Waals surface area contributed by atoms with Crippen LogP contribution in [-0.2, 0) is 4.74 Å². The lowest BCUT2D eigenvalue weighted by Crippen LogP contribution is -2.19. The van der Waals surface area contributed by atoms with Crippen LogP contribution in [0.1, 0.15) is 12.0 Å². The fourth-order valence-corrected chi connectivity index (χ4v) is 3.12. The van der Waals surface area contributed by atoms with Crippen molar-refractivity contribution in [2.24, 2.45) is 0 Å². The van der Waals surface area contributed by atoms with Crippen LogP contribution in [0.3, 0.4) is 0 Å². The molecule has 1 aromatic rings. The molecule has 100 valence electrons. The zero-order valence-corrected chi connectivity index (χ0v) is 11.9. The summed E-state index contributed by atoms with van der Waals surface area (Å²) in [5.41, 5.74) is 2.32. The van der Waals surface area contributed by atoms with Crippen LogP contribution in [0.5, 0.6) is 5.75 Å². The second kappa shape index (κ2) is 6.90. The average Bonchev–Trinajstić information content (AvgIpc) is 2.86. The van der Waals surface area contributed by atoms with E-state index in [0.717, 1.165) is 11.4 Å². The Hall–Kier alpha value is -0.870. The van der Waals surface area contributed by atoms with Gasteiger partial charge in [0.2, 0.25) is 0 Å². The normalized spacial score (nSPS) is 18.9. The Labute approximate surface area is 113 Å². The zero-order valence-electron chi connectivity index (χ0n) is 11.1. The lowest BCUT2D eigenvalue weighted by atomic mass is 10.2. The molecule has 1 N–H and O–H groups in total. The van der Waals surface area contributed by atoms with Gasteiger partial charge in [-0.15, -0.1) is 0 Å². The van der Waals surface area contributed by atoms with Crippen LogP contribution < -0.4 is 10.1 Å². The monoisotopic (exact) mass is 267 g/mol. The van der Waals surface area contributed by atoms with Gasteiger partial charge in [0, 0.05) is 18.9 Å². The van der Waals surface area contributed by atoms with Crippen molar-refractivity contribution in [3.63, 3.8) is 0 Å². The highest BCUT2D eigenvalue weighted by Crippen LogP contribution is 2.29. The van der Waals surface area contributed by atoms with Gasteiger partial charge < -0.3 is 14.8 Å². The minimum atomic E-state index is 0.572. The molecule has 1 aromatic carbocycles. The van der Waals surface area contributed by atoms with Gasteiger partial charge in [0.25, 0.3) is 0 Å². The molecule has 1 atom stereocenters. The molecule has 0 radical (unpaired) electrons. The number of benzene rings is 1. The molecule has 1 aliphatic rings. The van der Waals surface area contributed by atoms with Crippen LogP contribution in [0.15, 0.2) is 18.2 Å². The van der Waals surface area contributed by atoms with Crippen molar-refractivity contribution in [2.45, 2.75) is 19.4 Å². The fraction of sp³-hybridized carbons (Fsp3) is 0.571. The zero-order chi connectivity index (χ0) is 12.8. The Kier molecular flexibility index (Phi) is 5.20. The molecule has 0 bridgehead atoms. The minimum absolute atomic E-state index is 0.572. The molecule has 1 aliphatic heterocycles. The summed E-state index contributed by atoms with van der Waals surface area (Å²) in [5, 5.41) is 3.58. The lowest BCUT2D eigenvalue weighted by molar-refractivity contribution is 0.146. The van der Waals surface area contributed by atoms with Crippen LogP contribution in [0.4, 0.5) is 5.69 Å². The Balaban J connectivity index is 2.02. The first-order valence-corrected chi connectivity index (χ1v) is 7.51. The van der Waals surface area contributed by atoms with Crippen LogP contribution in [0.2, 0.25) is 0 Å². The quantitative estimate of drug-likeness (QED) is 0.803. The number of hydrogen-bond donors (Lipinski definition) is 1. The Morgan fingerprint density at radius 2 is 2.28 bits per heavy atom. The number of aryl methyl sites for hydroxylation is 1. The Morgan fingerprint density at radius 3 is 3.00 bits per heavy atom. The summed E-state index contributed by atoms with van der Waals surface area (Å²) in [6.45, 7) is 3.29. The van der Waals surface area contributed by atoms with Gasteiger partial charge in [0.1, 0.15) is 12.4 Å². The summed E-state index contributed by atoms with van der Waals surface area (Å²) < 4.78 is 10.8. The van der Waals surface area contributed by atoms with Gasteiger partial charge in [0.05, 0.1) is 12.3 Å². The van der Waals surface area contributed by atoms with E-state index in [1.165, 1.54) is 23.5 Å². The van der Waals surface area contributed by atoms with E-state index in [0.29, 0.717) is 19.3 Å². The van der Waals surface area contributed by atoms with Crippen LogP contribution in [0, 0.1) is 6.92 Å². The highest BCUT2D eigenvalue weighted by atomic mass is 32.2. The highest BCUT2D eigenvalue weighted by molar-refractivity contribution is 7.99. The molecule has 1 fully saturated rings. The van der Waals surface area contributed by atoms with E-state index in [-0.39, 0.29) is 0 Å². The summed E-state index contributed by atoms with van der Waals surface area (Å²) in [6.07, 6.45) is 1.23. The van der Waals surface area contributed by atoms with E-state index in [4.69, 9.17) is 9.47 Å². The highest BCUT2D eigenvalue weighted by Gasteiger charge is 2.16. The molecular weight excluding hydrogens is 246 g/mol. The predicted octanol–water partition coefficient (Wildman–Crippen LogP) is 2.94. The van der Waals surface area contributed by atoms with Gasteiger partial charge in [-0.25, -0.2) is 0 Å². The van der Waals surface area contributed by atoms with Gasteiger partial charge in [0.15, 0.2) is 0 Å². The molecule has 1 saturated heterocycles. The molecule has 4 heteroatoms. The smallest absolute Gasteiger partial charge is 0.142 e. The van der Waals surface area contributed by atoms with Crippen LogP contribution in [-0.4, -0.2) is 37.9 Å². The molecule has 1 heterocycles. The maximum Gasteiger partial charge on any atom is 0.142 e. The molecule has 0 amide bonds. The van der Waals surface area contributed by atoms with Crippen LogP contribution >= 0.6 is 11.8 Å². The molecule has 1 unspecified atom stereocenters. The second-order valence-corrected chi connectivity index (χ2v) is 5.70. The summed E-state index contributed by atoms with van der Waals surface area (Å²) in [5.74, 6) is 3.37. The van der Waals surface area contributed by atoms with E-state index in [2.05, 4.69) is 30.4 Å². The molecule has 18 heavy (non-hydrogen) atoms. The van der Waals surface area contributed by atoms with Gasteiger partial charge in [-0.3, -0.25) is 0 Å². The Morgan fingerprint density at radius 1 is 1.39 bits per heavy atom. The van der Waals surface area contributed by atoms with Crippen molar-refractivity contribution in [1.29, 1.82) is 0 Å². The van der Waals surface area contributed by atoms with Gasteiger partial charge in [-0.05, 0) is 36.8 Å². The average molecular weight is 267 g/mol. The first kappa shape index (κ1) is 13.6.